The van der Waals surface area contributed by atoms with E-state index in [2.05, 4.69) is 15.2 Å². The van der Waals surface area contributed by atoms with E-state index in [-0.39, 0.29) is 18.1 Å². The highest BCUT2D eigenvalue weighted by Crippen LogP contribution is 2.32. The molecule has 0 bridgehead atoms. The summed E-state index contributed by atoms with van der Waals surface area (Å²) in [7, 11) is 1.22. The first kappa shape index (κ1) is 19.3. The Morgan fingerprint density at radius 2 is 1.86 bits per heavy atom. The lowest BCUT2D eigenvalue weighted by molar-refractivity contribution is -0.138. The first-order valence-corrected chi connectivity index (χ1v) is 8.07. The van der Waals surface area contributed by atoms with Gasteiger partial charge in [0.1, 0.15) is 18.1 Å². The number of benzene rings is 2. The van der Waals surface area contributed by atoms with Crippen molar-refractivity contribution >= 4 is 12.0 Å². The third-order valence-electron chi connectivity index (χ3n) is 3.79. The summed E-state index contributed by atoms with van der Waals surface area (Å²) in [5.41, 5.74) is 0.457. The Morgan fingerprint density at radius 3 is 2.54 bits per heavy atom. The van der Waals surface area contributed by atoms with Gasteiger partial charge in [-0.2, -0.15) is 13.2 Å². The average molecular weight is 392 g/mol. The third kappa shape index (κ3) is 4.61. The van der Waals surface area contributed by atoms with E-state index in [1.807, 2.05) is 0 Å². The maximum atomic E-state index is 13.0. The molecule has 9 heteroatoms. The van der Waals surface area contributed by atoms with Crippen LogP contribution in [0.5, 0.6) is 5.75 Å². The minimum Gasteiger partial charge on any atom is -0.489 e. The number of hydrogen-bond donors (Lipinski definition) is 1. The summed E-state index contributed by atoms with van der Waals surface area (Å²) < 4.78 is 53.9. The minimum absolute atomic E-state index is 0.0501. The predicted octanol–water partition coefficient (Wildman–Crippen LogP) is 5.12. The molecule has 28 heavy (non-hydrogen) atoms. The van der Waals surface area contributed by atoms with Crippen LogP contribution >= 0.6 is 0 Å². The fraction of sp³-hybridized carbons (Fsp3) is 0.158. The van der Waals surface area contributed by atoms with Crippen LogP contribution < -0.4 is 10.1 Å². The molecule has 0 atom stereocenters. The molecule has 0 saturated heterocycles. The van der Waals surface area contributed by atoms with Crippen molar-refractivity contribution in [1.82, 2.24) is 5.16 Å². The van der Waals surface area contributed by atoms with Gasteiger partial charge in [0.15, 0.2) is 0 Å². The fourth-order valence-electron chi connectivity index (χ4n) is 2.43. The molecule has 0 saturated carbocycles. The lowest BCUT2D eigenvalue weighted by Gasteiger charge is -2.13. The Labute approximate surface area is 157 Å². The van der Waals surface area contributed by atoms with Gasteiger partial charge in [0.05, 0.1) is 12.7 Å². The smallest absolute Gasteiger partial charge is 0.416 e. The van der Waals surface area contributed by atoms with E-state index in [4.69, 9.17) is 9.26 Å². The minimum atomic E-state index is -4.44. The van der Waals surface area contributed by atoms with Crippen LogP contribution in [0.15, 0.2) is 59.1 Å². The van der Waals surface area contributed by atoms with Gasteiger partial charge in [-0.1, -0.05) is 23.4 Å². The van der Waals surface area contributed by atoms with E-state index in [1.54, 1.807) is 24.3 Å². The molecule has 0 unspecified atom stereocenters. The average Bonchev–Trinajstić information content (AvgIpc) is 3.14. The molecule has 0 radical (unpaired) electrons. The Balaban J connectivity index is 1.67. The molecule has 0 aliphatic heterocycles. The van der Waals surface area contributed by atoms with Gasteiger partial charge < -0.3 is 14.0 Å². The van der Waals surface area contributed by atoms with Crippen LogP contribution in [0.2, 0.25) is 0 Å². The number of aromatic nitrogens is 1. The first-order valence-electron chi connectivity index (χ1n) is 8.07. The monoisotopic (exact) mass is 392 g/mol. The van der Waals surface area contributed by atoms with Crippen LogP contribution in [-0.2, 0) is 17.5 Å². The van der Waals surface area contributed by atoms with E-state index in [0.717, 1.165) is 6.07 Å². The fourth-order valence-corrected chi connectivity index (χ4v) is 2.43. The summed E-state index contributed by atoms with van der Waals surface area (Å²) in [5.74, 6) is 0.517. The SMILES string of the molecule is COC(=O)Nc1cc(-c2ccc(OCc3ccccc3C(F)(F)F)cc2)no1. The van der Waals surface area contributed by atoms with Crippen LogP contribution in [0.4, 0.5) is 23.8 Å². The van der Waals surface area contributed by atoms with Gasteiger partial charge in [0.2, 0.25) is 5.88 Å². The van der Waals surface area contributed by atoms with Gasteiger partial charge in [-0.3, -0.25) is 5.32 Å². The standard InChI is InChI=1S/C19H15F3N2O4/c1-26-18(25)23-17-10-16(24-28-17)12-6-8-14(9-7-12)27-11-13-4-2-3-5-15(13)19(20,21)22/h2-10H,11H2,1H3,(H,23,25). The van der Waals surface area contributed by atoms with E-state index >= 15 is 0 Å². The topological polar surface area (TPSA) is 73.6 Å². The highest BCUT2D eigenvalue weighted by molar-refractivity contribution is 5.83. The lowest BCUT2D eigenvalue weighted by Crippen LogP contribution is -2.10. The molecule has 0 spiro atoms. The molecule has 0 aliphatic carbocycles. The second kappa shape index (κ2) is 8.03. The molecule has 1 aromatic heterocycles. The Kier molecular flexibility index (Phi) is 5.53. The van der Waals surface area contributed by atoms with Crippen molar-refractivity contribution in [3.05, 3.63) is 65.7 Å². The van der Waals surface area contributed by atoms with Crippen LogP contribution in [-0.4, -0.2) is 18.4 Å². The number of nitrogens with zero attached hydrogens (tertiary/aromatic N) is 1. The Hall–Kier alpha value is -3.49. The molecule has 2 aromatic carbocycles. The number of alkyl halides is 3. The van der Waals surface area contributed by atoms with Gasteiger partial charge in [-0.25, -0.2) is 4.79 Å². The van der Waals surface area contributed by atoms with Crippen molar-refractivity contribution in [2.75, 3.05) is 12.4 Å². The third-order valence-corrected chi connectivity index (χ3v) is 3.79. The number of halogens is 3. The number of hydrogen-bond acceptors (Lipinski definition) is 5. The van der Waals surface area contributed by atoms with Crippen LogP contribution in [0.1, 0.15) is 11.1 Å². The van der Waals surface area contributed by atoms with Gasteiger partial charge >= 0.3 is 12.3 Å². The Morgan fingerprint density at radius 1 is 1.14 bits per heavy atom. The summed E-state index contributed by atoms with van der Waals surface area (Å²) in [6, 6.07) is 13.3. The molecule has 1 heterocycles. The molecule has 1 N–H and O–H groups in total. The maximum Gasteiger partial charge on any atom is 0.416 e. The van der Waals surface area contributed by atoms with Crippen LogP contribution in [0.25, 0.3) is 11.3 Å². The number of rotatable bonds is 5. The number of amides is 1. The van der Waals surface area contributed by atoms with E-state index in [1.165, 1.54) is 31.4 Å². The van der Waals surface area contributed by atoms with Crippen molar-refractivity contribution in [2.45, 2.75) is 12.8 Å². The quantitative estimate of drug-likeness (QED) is 0.653. The first-order chi connectivity index (χ1) is 13.4. The number of ether oxygens (including phenoxy) is 2. The zero-order valence-corrected chi connectivity index (χ0v) is 14.6. The second-order valence-electron chi connectivity index (χ2n) is 5.66. The second-order valence-corrected chi connectivity index (χ2v) is 5.66. The summed E-state index contributed by atoms with van der Waals surface area (Å²) in [4.78, 5) is 11.1. The number of carbonyl (C=O) groups is 1. The summed E-state index contributed by atoms with van der Waals surface area (Å²) in [6.45, 7) is -0.216. The van der Waals surface area contributed by atoms with E-state index in [0.29, 0.717) is 17.0 Å². The number of carbonyl (C=O) groups excluding carboxylic acids is 1. The van der Waals surface area contributed by atoms with Gasteiger partial charge in [-0.05, 0) is 30.3 Å². The lowest BCUT2D eigenvalue weighted by atomic mass is 10.1. The molecule has 3 rings (SSSR count). The van der Waals surface area contributed by atoms with Crippen LogP contribution in [0, 0.1) is 0 Å². The molecule has 0 fully saturated rings. The normalized spacial score (nSPS) is 11.1. The number of anilines is 1. The largest absolute Gasteiger partial charge is 0.489 e. The van der Waals surface area contributed by atoms with E-state index in [9.17, 15) is 18.0 Å². The van der Waals surface area contributed by atoms with Gasteiger partial charge in [0, 0.05) is 17.2 Å². The zero-order valence-electron chi connectivity index (χ0n) is 14.6. The van der Waals surface area contributed by atoms with Crippen molar-refractivity contribution < 1.29 is 32.0 Å². The summed E-state index contributed by atoms with van der Waals surface area (Å²) in [5, 5.41) is 6.17. The molecule has 146 valence electrons. The van der Waals surface area contributed by atoms with E-state index < -0.39 is 17.8 Å². The maximum absolute atomic E-state index is 13.0. The van der Waals surface area contributed by atoms with Crippen LogP contribution in [0.3, 0.4) is 0 Å². The molecule has 0 aliphatic rings. The van der Waals surface area contributed by atoms with Gasteiger partial charge in [-0.15, -0.1) is 0 Å². The van der Waals surface area contributed by atoms with Crippen molar-refractivity contribution in [3.63, 3.8) is 0 Å². The highest BCUT2D eigenvalue weighted by atomic mass is 19.4. The molecular formula is C19H15F3N2O4. The Bertz CT molecular complexity index is 952. The van der Waals surface area contributed by atoms with Gasteiger partial charge in [0.25, 0.3) is 0 Å². The molecule has 1 amide bonds. The molecular weight excluding hydrogens is 377 g/mol. The summed E-state index contributed by atoms with van der Waals surface area (Å²) in [6.07, 6.45) is -5.13. The predicted molar refractivity (Wildman–Crippen MR) is 93.7 cm³/mol. The zero-order chi connectivity index (χ0) is 20.1. The number of nitrogens with one attached hydrogen (secondary N) is 1. The van der Waals surface area contributed by atoms with Crippen molar-refractivity contribution in [1.29, 1.82) is 0 Å². The number of methoxy groups -OCH3 is 1. The van der Waals surface area contributed by atoms with Crippen molar-refractivity contribution in [3.8, 4) is 17.0 Å². The molecule has 3 aromatic rings. The summed E-state index contributed by atoms with van der Waals surface area (Å²) >= 11 is 0. The van der Waals surface area contributed by atoms with Crippen molar-refractivity contribution in [2.24, 2.45) is 0 Å². The highest BCUT2D eigenvalue weighted by Gasteiger charge is 2.32. The molecule has 6 nitrogen and oxygen atoms in total.